The highest BCUT2D eigenvalue weighted by atomic mass is 28.3. The Morgan fingerprint density at radius 3 is 1.41 bits per heavy atom. The molecule has 0 unspecified atom stereocenters. The Bertz CT molecular complexity index is 1940. The molecule has 0 aliphatic heterocycles. The predicted molar refractivity (Wildman–Crippen MR) is 178 cm³/mol. The van der Waals surface area contributed by atoms with Crippen molar-refractivity contribution in [1.82, 2.24) is 0 Å². The average Bonchev–Trinajstić information content (AvgIpc) is 3.06. The Labute approximate surface area is 242 Å². The molecule has 0 atom stereocenters. The molecule has 7 aromatic carbocycles. The van der Waals surface area contributed by atoms with Gasteiger partial charge in [-0.25, -0.2) is 0 Å². The molecule has 7 rings (SSSR count). The van der Waals surface area contributed by atoms with Crippen LogP contribution >= 0.6 is 0 Å². The van der Waals surface area contributed by atoms with E-state index in [1.165, 1.54) is 48.2 Å². The third-order valence-corrected chi connectivity index (χ3v) is 12.0. The molecule has 0 amide bonds. The fourth-order valence-corrected chi connectivity index (χ4v) is 9.81. The topological polar surface area (TPSA) is 0 Å². The highest BCUT2D eigenvalue weighted by Crippen LogP contribution is 2.28. The van der Waals surface area contributed by atoms with Crippen molar-refractivity contribution in [3.63, 3.8) is 0 Å². The van der Waals surface area contributed by atoms with Crippen LogP contribution in [0.1, 0.15) is 5.56 Å². The van der Waals surface area contributed by atoms with Gasteiger partial charge in [-0.2, -0.15) is 0 Å². The monoisotopic (exact) mass is 536 g/mol. The molecule has 0 heterocycles. The third-order valence-electron chi connectivity index (χ3n) is 7.96. The van der Waals surface area contributed by atoms with E-state index in [1.54, 1.807) is 0 Å². The van der Waals surface area contributed by atoms with E-state index in [-0.39, 0.29) is 0 Å². The maximum Gasteiger partial charge on any atom is 0.230 e. The number of fused-ring (bicyclic) bond motifs is 2. The van der Waals surface area contributed by atoms with Crippen LogP contribution in [0.4, 0.5) is 0 Å². The third kappa shape index (κ3) is 4.55. The number of benzene rings is 7. The van der Waals surface area contributed by atoms with Gasteiger partial charge < -0.3 is 0 Å². The van der Waals surface area contributed by atoms with Gasteiger partial charge >= 0.3 is 0 Å². The minimum atomic E-state index is -2.81. The smallest absolute Gasteiger partial charge is 0.109 e. The SMILES string of the molecule is C(#C[Si](c1ccccc1)(c1ccccc1)c1cccc(-c2ccccc2)c1)c1c2ccccc2cc2ccccc12. The van der Waals surface area contributed by atoms with Crippen molar-refractivity contribution in [2.24, 2.45) is 0 Å². The van der Waals surface area contributed by atoms with Crippen LogP contribution in [0, 0.1) is 11.5 Å². The maximum absolute atomic E-state index is 4.05. The van der Waals surface area contributed by atoms with E-state index in [0.29, 0.717) is 0 Å². The Morgan fingerprint density at radius 2 is 0.829 bits per heavy atom. The summed E-state index contributed by atoms with van der Waals surface area (Å²) in [5.41, 5.74) is 7.58. The van der Waals surface area contributed by atoms with Crippen molar-refractivity contribution in [1.29, 1.82) is 0 Å². The van der Waals surface area contributed by atoms with Crippen LogP contribution in [-0.2, 0) is 0 Å². The molecule has 0 bridgehead atoms. The molecule has 0 aromatic heterocycles. The maximum atomic E-state index is 4.05. The molecule has 192 valence electrons. The summed E-state index contributed by atoms with van der Waals surface area (Å²) in [5.74, 6) is 3.84. The lowest BCUT2D eigenvalue weighted by atomic mass is 9.97. The summed E-state index contributed by atoms with van der Waals surface area (Å²) >= 11 is 0. The zero-order chi connectivity index (χ0) is 27.5. The van der Waals surface area contributed by atoms with Gasteiger partial charge in [-0.15, -0.1) is 5.54 Å². The lowest BCUT2D eigenvalue weighted by Crippen LogP contribution is -2.66. The summed E-state index contributed by atoms with van der Waals surface area (Å²) in [6.07, 6.45) is 0. The second kappa shape index (κ2) is 10.8. The first kappa shape index (κ1) is 24.8. The summed E-state index contributed by atoms with van der Waals surface area (Å²) in [5, 5.41) is 8.68. The van der Waals surface area contributed by atoms with Crippen molar-refractivity contribution in [3.8, 4) is 22.6 Å². The van der Waals surface area contributed by atoms with Crippen LogP contribution in [0.5, 0.6) is 0 Å². The van der Waals surface area contributed by atoms with E-state index in [9.17, 15) is 0 Å². The molecule has 0 aliphatic carbocycles. The van der Waals surface area contributed by atoms with Gasteiger partial charge in [0.2, 0.25) is 8.07 Å². The Kier molecular flexibility index (Phi) is 6.53. The van der Waals surface area contributed by atoms with Gasteiger partial charge in [-0.3, -0.25) is 0 Å². The van der Waals surface area contributed by atoms with Gasteiger partial charge in [0.25, 0.3) is 0 Å². The molecule has 7 aromatic rings. The molecule has 1 heteroatoms. The first-order chi connectivity index (χ1) is 20.3. The summed E-state index contributed by atoms with van der Waals surface area (Å²) in [6.45, 7) is 0. The lowest BCUT2D eigenvalue weighted by molar-refractivity contribution is 1.63. The molecule has 0 spiro atoms. The minimum absolute atomic E-state index is 1.10. The van der Waals surface area contributed by atoms with Crippen LogP contribution in [0.2, 0.25) is 0 Å². The summed E-state index contributed by atoms with van der Waals surface area (Å²) < 4.78 is 0. The van der Waals surface area contributed by atoms with Crippen LogP contribution in [0.3, 0.4) is 0 Å². The van der Waals surface area contributed by atoms with Gasteiger partial charge in [-0.1, -0.05) is 170 Å². The fraction of sp³-hybridized carbons (Fsp3) is 0. The zero-order valence-corrected chi connectivity index (χ0v) is 23.7. The molecular weight excluding hydrogens is 509 g/mol. The predicted octanol–water partition coefficient (Wildman–Crippen LogP) is 7.72. The largest absolute Gasteiger partial charge is 0.230 e. The van der Waals surface area contributed by atoms with E-state index in [1.807, 2.05) is 0 Å². The van der Waals surface area contributed by atoms with Crippen LogP contribution in [-0.4, -0.2) is 8.07 Å². The molecule has 0 fully saturated rings. The van der Waals surface area contributed by atoms with Gasteiger partial charge in [0, 0.05) is 5.56 Å². The molecular formula is C40H28Si. The van der Waals surface area contributed by atoms with E-state index in [4.69, 9.17) is 0 Å². The first-order valence-corrected chi connectivity index (χ1v) is 16.0. The van der Waals surface area contributed by atoms with Gasteiger partial charge in [0.1, 0.15) is 0 Å². The van der Waals surface area contributed by atoms with Crippen molar-refractivity contribution in [2.75, 3.05) is 0 Å². The Balaban J connectivity index is 1.57. The van der Waals surface area contributed by atoms with Crippen LogP contribution in [0.25, 0.3) is 32.7 Å². The van der Waals surface area contributed by atoms with Gasteiger partial charge in [0.15, 0.2) is 0 Å². The van der Waals surface area contributed by atoms with E-state index in [2.05, 4.69) is 181 Å². The Morgan fingerprint density at radius 1 is 0.366 bits per heavy atom. The zero-order valence-electron chi connectivity index (χ0n) is 22.7. The van der Waals surface area contributed by atoms with Crippen LogP contribution < -0.4 is 15.6 Å². The molecule has 0 N–H and O–H groups in total. The van der Waals surface area contributed by atoms with Crippen molar-refractivity contribution in [3.05, 3.63) is 175 Å². The highest BCUT2D eigenvalue weighted by molar-refractivity contribution is 7.16. The Hall–Kier alpha value is -5.16. The molecule has 0 saturated carbocycles. The number of hydrogen-bond donors (Lipinski definition) is 0. The minimum Gasteiger partial charge on any atom is -0.109 e. The molecule has 41 heavy (non-hydrogen) atoms. The summed E-state index contributed by atoms with van der Waals surface area (Å²) in [7, 11) is -2.81. The van der Waals surface area contributed by atoms with Gasteiger partial charge in [-0.05, 0) is 54.3 Å². The second-order valence-electron chi connectivity index (χ2n) is 10.4. The van der Waals surface area contributed by atoms with Crippen molar-refractivity contribution < 1.29 is 0 Å². The molecule has 0 aliphatic rings. The number of rotatable bonds is 4. The van der Waals surface area contributed by atoms with Crippen molar-refractivity contribution in [2.45, 2.75) is 0 Å². The molecule has 0 nitrogen and oxygen atoms in total. The molecule has 0 saturated heterocycles. The van der Waals surface area contributed by atoms with E-state index >= 15 is 0 Å². The molecule has 0 radical (unpaired) electrons. The summed E-state index contributed by atoms with van der Waals surface area (Å²) in [4.78, 5) is 0. The summed E-state index contributed by atoms with van der Waals surface area (Å²) in [6, 6.07) is 61.1. The number of hydrogen-bond acceptors (Lipinski definition) is 0. The standard InChI is InChI=1S/C40H28Si/c1-4-15-31(16-5-1)32-19-14-24-37(30-32)41(35-20-6-2-7-21-35,36-22-8-3-9-23-36)28-27-40-38-25-12-10-17-33(38)29-34-18-11-13-26-39(34)40/h1-26,29-30H. The van der Waals surface area contributed by atoms with Gasteiger partial charge in [0.05, 0.1) is 0 Å². The second-order valence-corrected chi connectivity index (χ2v) is 13.9. The average molecular weight is 537 g/mol. The lowest BCUT2D eigenvalue weighted by Gasteiger charge is -2.28. The normalized spacial score (nSPS) is 11.2. The van der Waals surface area contributed by atoms with E-state index in [0.717, 1.165) is 5.56 Å². The quantitative estimate of drug-likeness (QED) is 0.0935. The highest BCUT2D eigenvalue weighted by Gasteiger charge is 2.38. The fourth-order valence-electron chi connectivity index (χ4n) is 5.96. The van der Waals surface area contributed by atoms with Crippen molar-refractivity contribution >= 4 is 45.2 Å². The first-order valence-electron chi connectivity index (χ1n) is 14.0. The van der Waals surface area contributed by atoms with E-state index < -0.39 is 8.07 Å². The van der Waals surface area contributed by atoms with Crippen LogP contribution in [0.15, 0.2) is 170 Å².